The number of nitrogens with zero attached hydrogens (tertiary/aromatic N) is 5. The first-order valence-corrected chi connectivity index (χ1v) is 15.0. The third-order valence-corrected chi connectivity index (χ3v) is 8.14. The minimum Gasteiger partial charge on any atom is -0.412 e. The van der Waals surface area contributed by atoms with Crippen LogP contribution in [0.5, 0.6) is 0 Å². The molecule has 3 aromatic carbocycles. The fraction of sp³-hybridized carbons (Fsp3) is 0.355. The summed E-state index contributed by atoms with van der Waals surface area (Å²) in [5, 5.41) is 0. The molecule has 0 atom stereocenters. The summed E-state index contributed by atoms with van der Waals surface area (Å²) in [6, 6.07) is 21.5. The number of aromatic nitrogens is 4. The molecule has 0 unspecified atom stereocenters. The average Bonchev–Trinajstić information content (AvgIpc) is 3.60. The number of hydrogen-bond donors (Lipinski definition) is 2. The Hall–Kier alpha value is -3.01. The third kappa shape index (κ3) is 7.13. The van der Waals surface area contributed by atoms with E-state index in [9.17, 15) is 0 Å². The van der Waals surface area contributed by atoms with Crippen molar-refractivity contribution in [1.82, 2.24) is 24.8 Å². The molecule has 1 aliphatic rings. The Labute approximate surface area is 262 Å². The molecule has 8 nitrogen and oxygen atoms in total. The van der Waals surface area contributed by atoms with Crippen molar-refractivity contribution < 1.29 is 5.48 Å². The molecule has 2 aromatic heterocycles. The molecule has 224 valence electrons. The number of imidazole rings is 2. The van der Waals surface area contributed by atoms with E-state index < -0.39 is 0 Å². The maximum absolute atomic E-state index is 5.96. The van der Waals surface area contributed by atoms with Gasteiger partial charge in [0, 0.05) is 74.4 Å². The van der Waals surface area contributed by atoms with Crippen LogP contribution in [0, 0.1) is 0 Å². The van der Waals surface area contributed by atoms with Crippen LogP contribution in [-0.4, -0.2) is 88.4 Å². The Morgan fingerprint density at radius 2 is 1.45 bits per heavy atom. The number of aryl methyl sites for hydroxylation is 2. The van der Waals surface area contributed by atoms with Crippen molar-refractivity contribution in [3.8, 4) is 11.4 Å². The van der Waals surface area contributed by atoms with Crippen molar-refractivity contribution in [2.75, 3.05) is 67.9 Å². The zero-order valence-corrected chi connectivity index (χ0v) is 26.1. The number of fused-ring (bicyclic) bond motifs is 2. The number of aromatic amines is 2. The Morgan fingerprint density at radius 3 is 2.17 bits per heavy atom. The standard InChI is InChI=1S/C31H35Cl2N7.ClH.H2O/c1-38-16-18-40(19-17-38)25-8-10-27-29(21-25)37-31(36-27)23-5-9-26-28(20-23)35-30(34-26)11-4-22-2-6-24(7-3-22)39(14-12-32)15-13-33;;/h2-3,5-10,20-21H,4,11-19H2,1H3,(H,34,35)(H,36,37);1H;1H2. The number of hydrogen-bond acceptors (Lipinski definition) is 5. The highest BCUT2D eigenvalue weighted by Gasteiger charge is 2.16. The minimum absolute atomic E-state index is 0. The van der Waals surface area contributed by atoms with E-state index in [1.807, 2.05) is 0 Å². The molecular formula is C31H38Cl3N7O. The van der Waals surface area contributed by atoms with Crippen LogP contribution >= 0.6 is 35.6 Å². The smallest absolute Gasteiger partial charge is 0.138 e. The van der Waals surface area contributed by atoms with Gasteiger partial charge in [0.25, 0.3) is 0 Å². The van der Waals surface area contributed by atoms with E-state index in [-0.39, 0.29) is 17.9 Å². The number of likely N-dealkylation sites (N-methyl/N-ethyl adjacent to an activating group) is 1. The monoisotopic (exact) mass is 629 g/mol. The molecule has 6 rings (SSSR count). The number of anilines is 2. The quantitative estimate of drug-likeness (QED) is 0.198. The van der Waals surface area contributed by atoms with Crippen LogP contribution in [0.1, 0.15) is 11.4 Å². The molecule has 3 heterocycles. The maximum Gasteiger partial charge on any atom is 0.138 e. The predicted molar refractivity (Wildman–Crippen MR) is 179 cm³/mol. The van der Waals surface area contributed by atoms with Gasteiger partial charge in [-0.2, -0.15) is 0 Å². The van der Waals surface area contributed by atoms with Gasteiger partial charge in [-0.3, -0.25) is 0 Å². The maximum atomic E-state index is 5.96. The highest BCUT2D eigenvalue weighted by atomic mass is 35.5. The van der Waals surface area contributed by atoms with Gasteiger partial charge in [-0.05, 0) is 67.6 Å². The summed E-state index contributed by atoms with van der Waals surface area (Å²) in [5.41, 5.74) is 8.78. The number of alkyl halides is 2. The van der Waals surface area contributed by atoms with Crippen molar-refractivity contribution in [2.45, 2.75) is 12.8 Å². The van der Waals surface area contributed by atoms with Gasteiger partial charge in [0.2, 0.25) is 0 Å². The fourth-order valence-corrected chi connectivity index (χ4v) is 5.84. The molecule has 11 heteroatoms. The average molecular weight is 631 g/mol. The fourth-order valence-electron chi connectivity index (χ4n) is 5.43. The normalized spacial score (nSPS) is 13.7. The van der Waals surface area contributed by atoms with E-state index in [1.165, 1.54) is 11.3 Å². The van der Waals surface area contributed by atoms with Crippen molar-refractivity contribution in [2.24, 2.45) is 0 Å². The van der Waals surface area contributed by atoms with Gasteiger partial charge in [0.05, 0.1) is 22.1 Å². The van der Waals surface area contributed by atoms with Gasteiger partial charge in [-0.15, -0.1) is 35.6 Å². The van der Waals surface area contributed by atoms with Gasteiger partial charge in [-0.1, -0.05) is 12.1 Å². The second-order valence-corrected chi connectivity index (χ2v) is 11.3. The first-order chi connectivity index (χ1) is 19.6. The first-order valence-electron chi connectivity index (χ1n) is 14.0. The molecule has 42 heavy (non-hydrogen) atoms. The van der Waals surface area contributed by atoms with Gasteiger partial charge in [0.15, 0.2) is 0 Å². The molecule has 1 fully saturated rings. The minimum atomic E-state index is 0. The summed E-state index contributed by atoms with van der Waals surface area (Å²) in [7, 11) is 2.18. The highest BCUT2D eigenvalue weighted by molar-refractivity contribution is 6.18. The topological polar surface area (TPSA) is 98.6 Å². The Balaban J connectivity index is 0.00000202. The molecular weight excluding hydrogens is 593 g/mol. The van der Waals surface area contributed by atoms with Crippen LogP contribution in [0.2, 0.25) is 0 Å². The number of H-pyrrole nitrogens is 2. The summed E-state index contributed by atoms with van der Waals surface area (Å²) in [4.78, 5) is 23.8. The SMILES string of the molecule is CN1CCN(c2ccc3nc(-c4ccc5nc(CCc6ccc(N(CCCl)CCCl)cc6)[nH]c5c4)[nH]c3c2)CC1.Cl.O. The summed E-state index contributed by atoms with van der Waals surface area (Å²) < 4.78 is 0. The van der Waals surface area contributed by atoms with E-state index in [2.05, 4.69) is 92.4 Å². The number of rotatable bonds is 10. The van der Waals surface area contributed by atoms with Gasteiger partial charge >= 0.3 is 0 Å². The highest BCUT2D eigenvalue weighted by Crippen LogP contribution is 2.27. The van der Waals surface area contributed by atoms with Crippen LogP contribution < -0.4 is 9.80 Å². The molecule has 5 aromatic rings. The van der Waals surface area contributed by atoms with E-state index >= 15 is 0 Å². The summed E-state index contributed by atoms with van der Waals surface area (Å²) in [6.45, 7) is 5.87. The van der Waals surface area contributed by atoms with E-state index in [0.29, 0.717) is 11.8 Å². The Bertz CT molecular complexity index is 1570. The number of halogens is 3. The summed E-state index contributed by atoms with van der Waals surface area (Å²) >= 11 is 11.9. The zero-order valence-electron chi connectivity index (χ0n) is 23.7. The van der Waals surface area contributed by atoms with Crippen LogP contribution in [0.3, 0.4) is 0 Å². The van der Waals surface area contributed by atoms with Gasteiger partial charge < -0.3 is 30.1 Å². The third-order valence-electron chi connectivity index (χ3n) is 7.80. The molecule has 0 saturated carbocycles. The second kappa shape index (κ2) is 14.4. The van der Waals surface area contributed by atoms with Crippen molar-refractivity contribution in [1.29, 1.82) is 0 Å². The molecule has 0 spiro atoms. The van der Waals surface area contributed by atoms with Gasteiger partial charge in [-0.25, -0.2) is 9.97 Å². The molecule has 4 N–H and O–H groups in total. The number of nitrogens with one attached hydrogen (secondary N) is 2. The molecule has 0 radical (unpaired) electrons. The Morgan fingerprint density at radius 1 is 0.786 bits per heavy atom. The van der Waals surface area contributed by atoms with Crippen LogP contribution in [0.4, 0.5) is 11.4 Å². The van der Waals surface area contributed by atoms with Gasteiger partial charge in [0.1, 0.15) is 11.6 Å². The molecule has 0 amide bonds. The first kappa shape index (κ1) is 31.9. The molecule has 1 saturated heterocycles. The number of benzene rings is 3. The number of piperazine rings is 1. The molecule has 0 bridgehead atoms. The lowest BCUT2D eigenvalue weighted by molar-refractivity contribution is 0.313. The van der Waals surface area contributed by atoms with Crippen LogP contribution in [0.25, 0.3) is 33.5 Å². The van der Waals surface area contributed by atoms with Crippen LogP contribution in [0.15, 0.2) is 60.7 Å². The Kier molecular flexibility index (Phi) is 11.0. The largest absolute Gasteiger partial charge is 0.412 e. The van der Waals surface area contributed by atoms with E-state index in [1.54, 1.807) is 0 Å². The van der Waals surface area contributed by atoms with Crippen molar-refractivity contribution in [3.63, 3.8) is 0 Å². The van der Waals surface area contributed by atoms with Crippen molar-refractivity contribution >= 4 is 69.1 Å². The molecule has 1 aliphatic heterocycles. The lowest BCUT2D eigenvalue weighted by Crippen LogP contribution is -2.44. The van der Waals surface area contributed by atoms with E-state index in [4.69, 9.17) is 33.2 Å². The molecule has 0 aliphatic carbocycles. The van der Waals surface area contributed by atoms with E-state index in [0.717, 1.165) is 97.1 Å². The predicted octanol–water partition coefficient (Wildman–Crippen LogP) is 5.52. The van der Waals surface area contributed by atoms with Crippen molar-refractivity contribution in [3.05, 3.63) is 72.1 Å². The second-order valence-electron chi connectivity index (χ2n) is 10.5. The summed E-state index contributed by atoms with van der Waals surface area (Å²) in [6.07, 6.45) is 1.76. The zero-order chi connectivity index (χ0) is 27.5. The summed E-state index contributed by atoms with van der Waals surface area (Å²) in [5.74, 6) is 3.03. The lowest BCUT2D eigenvalue weighted by Gasteiger charge is -2.34. The van der Waals surface area contributed by atoms with Crippen LogP contribution in [-0.2, 0) is 12.8 Å². The lowest BCUT2D eigenvalue weighted by atomic mass is 10.1.